The molecule has 0 aliphatic rings. The van der Waals surface area contributed by atoms with Crippen molar-refractivity contribution in [2.45, 2.75) is 32.7 Å². The predicted octanol–water partition coefficient (Wildman–Crippen LogP) is 3.54. The highest BCUT2D eigenvalue weighted by atomic mass is 16.3. The van der Waals surface area contributed by atoms with Crippen LogP contribution in [0.4, 0.5) is 0 Å². The summed E-state index contributed by atoms with van der Waals surface area (Å²) in [6, 6.07) is 7.60. The molecule has 15 heavy (non-hydrogen) atoms. The van der Waals surface area contributed by atoms with Crippen LogP contribution in [0.1, 0.15) is 26.2 Å². The molecule has 2 rings (SSSR count). The summed E-state index contributed by atoms with van der Waals surface area (Å²) in [5, 5.41) is 10.5. The van der Waals surface area contributed by atoms with E-state index in [1.807, 2.05) is 12.1 Å². The summed E-state index contributed by atoms with van der Waals surface area (Å²) in [7, 11) is 0. The topological polar surface area (TPSA) is 25.2 Å². The van der Waals surface area contributed by atoms with Crippen molar-refractivity contribution in [3.63, 3.8) is 0 Å². The summed E-state index contributed by atoms with van der Waals surface area (Å²) in [6.45, 7) is 3.29. The Kier molecular flexibility index (Phi) is 2.95. The van der Waals surface area contributed by atoms with Gasteiger partial charge < -0.3 is 9.67 Å². The number of hydrogen-bond acceptors (Lipinski definition) is 1. The van der Waals surface area contributed by atoms with Crippen LogP contribution in [0, 0.1) is 0 Å². The van der Waals surface area contributed by atoms with Crippen molar-refractivity contribution in [2.75, 3.05) is 0 Å². The smallest absolute Gasteiger partial charge is 0.116 e. The number of aromatic nitrogens is 1. The second-order valence-electron chi connectivity index (χ2n) is 3.96. The molecule has 1 N–H and O–H groups in total. The molecule has 0 spiro atoms. The van der Waals surface area contributed by atoms with Gasteiger partial charge in [-0.1, -0.05) is 19.8 Å². The first kappa shape index (κ1) is 10.1. The Morgan fingerprint density at radius 1 is 1.20 bits per heavy atom. The maximum atomic E-state index is 9.34. The zero-order chi connectivity index (χ0) is 10.7. The highest BCUT2D eigenvalue weighted by Gasteiger charge is 2.00. The maximum Gasteiger partial charge on any atom is 0.116 e. The van der Waals surface area contributed by atoms with Crippen LogP contribution in [0.15, 0.2) is 30.5 Å². The minimum Gasteiger partial charge on any atom is -0.508 e. The van der Waals surface area contributed by atoms with E-state index in [4.69, 9.17) is 0 Å². The van der Waals surface area contributed by atoms with Gasteiger partial charge in [-0.05, 0) is 30.7 Å². The van der Waals surface area contributed by atoms with Crippen LogP contribution >= 0.6 is 0 Å². The van der Waals surface area contributed by atoms with Crippen LogP contribution < -0.4 is 0 Å². The van der Waals surface area contributed by atoms with Crippen LogP contribution in [0.25, 0.3) is 10.9 Å². The van der Waals surface area contributed by atoms with Crippen LogP contribution in [-0.4, -0.2) is 9.67 Å². The lowest BCUT2D eigenvalue weighted by Gasteiger charge is -2.04. The highest BCUT2D eigenvalue weighted by molar-refractivity contribution is 5.81. The summed E-state index contributed by atoms with van der Waals surface area (Å²) < 4.78 is 2.25. The lowest BCUT2D eigenvalue weighted by molar-refractivity contribution is 0.476. The molecule has 0 bridgehead atoms. The zero-order valence-corrected chi connectivity index (χ0v) is 9.11. The van der Waals surface area contributed by atoms with Gasteiger partial charge in [0.25, 0.3) is 0 Å². The van der Waals surface area contributed by atoms with Crippen molar-refractivity contribution in [2.24, 2.45) is 0 Å². The SMILES string of the molecule is CCCCCn1ccc2cc(O)ccc21. The van der Waals surface area contributed by atoms with Gasteiger partial charge in [-0.25, -0.2) is 0 Å². The molecular formula is C13H17NO. The summed E-state index contributed by atoms with van der Waals surface area (Å²) >= 11 is 0. The molecule has 80 valence electrons. The summed E-state index contributed by atoms with van der Waals surface area (Å²) in [5.74, 6) is 0.341. The normalized spacial score (nSPS) is 11.0. The quantitative estimate of drug-likeness (QED) is 0.755. The minimum absolute atomic E-state index is 0.341. The third kappa shape index (κ3) is 2.14. The van der Waals surface area contributed by atoms with Gasteiger partial charge in [-0.2, -0.15) is 0 Å². The molecule has 1 aromatic carbocycles. The van der Waals surface area contributed by atoms with E-state index in [2.05, 4.69) is 23.8 Å². The lowest BCUT2D eigenvalue weighted by atomic mass is 10.2. The Hall–Kier alpha value is -1.44. The summed E-state index contributed by atoms with van der Waals surface area (Å²) in [5.41, 5.74) is 1.21. The number of aryl methyl sites for hydroxylation is 1. The molecule has 0 unspecified atom stereocenters. The third-order valence-corrected chi connectivity index (χ3v) is 2.76. The van der Waals surface area contributed by atoms with Gasteiger partial charge in [0.1, 0.15) is 5.75 Å². The van der Waals surface area contributed by atoms with Crippen LogP contribution in [0.5, 0.6) is 5.75 Å². The van der Waals surface area contributed by atoms with E-state index in [-0.39, 0.29) is 0 Å². The van der Waals surface area contributed by atoms with Crippen molar-refractivity contribution in [1.82, 2.24) is 4.57 Å². The fourth-order valence-electron chi connectivity index (χ4n) is 1.91. The molecule has 0 fully saturated rings. The standard InChI is InChI=1S/C13H17NO/c1-2-3-4-8-14-9-7-11-10-12(15)5-6-13(11)14/h5-7,9-10,15H,2-4,8H2,1H3. The Morgan fingerprint density at radius 3 is 2.87 bits per heavy atom. The van der Waals surface area contributed by atoms with E-state index >= 15 is 0 Å². The van der Waals surface area contributed by atoms with Crippen LogP contribution in [0.2, 0.25) is 0 Å². The number of benzene rings is 1. The van der Waals surface area contributed by atoms with Gasteiger partial charge in [0, 0.05) is 23.6 Å². The van der Waals surface area contributed by atoms with Crippen LogP contribution in [0.3, 0.4) is 0 Å². The van der Waals surface area contributed by atoms with Crippen molar-refractivity contribution in [3.8, 4) is 5.75 Å². The number of phenols is 1. The van der Waals surface area contributed by atoms with Crippen LogP contribution in [-0.2, 0) is 6.54 Å². The Bertz CT molecular complexity index is 445. The molecule has 2 aromatic rings. The molecular weight excluding hydrogens is 186 g/mol. The van der Waals surface area contributed by atoms with E-state index in [1.54, 1.807) is 6.07 Å². The first-order chi connectivity index (χ1) is 7.31. The summed E-state index contributed by atoms with van der Waals surface area (Å²) in [4.78, 5) is 0. The van der Waals surface area contributed by atoms with Gasteiger partial charge in [-0.15, -0.1) is 0 Å². The summed E-state index contributed by atoms with van der Waals surface area (Å²) in [6.07, 6.45) is 5.85. The lowest BCUT2D eigenvalue weighted by Crippen LogP contribution is -1.95. The third-order valence-electron chi connectivity index (χ3n) is 2.76. The Balaban J connectivity index is 2.21. The molecule has 1 aromatic heterocycles. The second kappa shape index (κ2) is 4.39. The molecule has 1 heterocycles. The minimum atomic E-state index is 0.341. The van der Waals surface area contributed by atoms with Crippen molar-refractivity contribution in [3.05, 3.63) is 30.5 Å². The monoisotopic (exact) mass is 203 g/mol. The molecule has 0 aliphatic heterocycles. The second-order valence-corrected chi connectivity index (χ2v) is 3.96. The number of unbranched alkanes of at least 4 members (excludes halogenated alkanes) is 2. The first-order valence-corrected chi connectivity index (χ1v) is 5.59. The average molecular weight is 203 g/mol. The van der Waals surface area contributed by atoms with Crippen molar-refractivity contribution in [1.29, 1.82) is 0 Å². The van der Waals surface area contributed by atoms with E-state index in [0.29, 0.717) is 5.75 Å². The molecule has 0 amide bonds. The number of nitrogens with zero attached hydrogens (tertiary/aromatic N) is 1. The number of phenolic OH excluding ortho intramolecular Hbond substituents is 1. The fourth-order valence-corrected chi connectivity index (χ4v) is 1.91. The highest BCUT2D eigenvalue weighted by Crippen LogP contribution is 2.21. The van der Waals surface area contributed by atoms with Crippen molar-refractivity contribution < 1.29 is 5.11 Å². The number of rotatable bonds is 4. The molecule has 2 nitrogen and oxygen atoms in total. The van der Waals surface area contributed by atoms with E-state index in [9.17, 15) is 5.11 Å². The Morgan fingerprint density at radius 2 is 2.07 bits per heavy atom. The number of aromatic hydroxyl groups is 1. The van der Waals surface area contributed by atoms with Gasteiger partial charge in [0.15, 0.2) is 0 Å². The van der Waals surface area contributed by atoms with Gasteiger partial charge in [0.05, 0.1) is 0 Å². The van der Waals surface area contributed by atoms with E-state index in [0.717, 1.165) is 11.9 Å². The maximum absolute atomic E-state index is 9.34. The molecule has 0 radical (unpaired) electrons. The Labute approximate surface area is 90.2 Å². The molecule has 0 saturated heterocycles. The van der Waals surface area contributed by atoms with Gasteiger partial charge in [-0.3, -0.25) is 0 Å². The van der Waals surface area contributed by atoms with Crippen molar-refractivity contribution >= 4 is 10.9 Å². The molecule has 2 heteroatoms. The predicted molar refractivity (Wildman–Crippen MR) is 63.1 cm³/mol. The first-order valence-electron chi connectivity index (χ1n) is 5.59. The number of fused-ring (bicyclic) bond motifs is 1. The fraction of sp³-hybridized carbons (Fsp3) is 0.385. The van der Waals surface area contributed by atoms with Gasteiger partial charge in [0.2, 0.25) is 0 Å². The number of hydrogen-bond donors (Lipinski definition) is 1. The average Bonchev–Trinajstić information content (AvgIpc) is 2.61. The van der Waals surface area contributed by atoms with E-state index < -0.39 is 0 Å². The molecule has 0 aliphatic carbocycles. The largest absolute Gasteiger partial charge is 0.508 e. The zero-order valence-electron chi connectivity index (χ0n) is 9.11. The van der Waals surface area contributed by atoms with E-state index in [1.165, 1.54) is 24.8 Å². The molecule has 0 atom stereocenters. The van der Waals surface area contributed by atoms with Gasteiger partial charge >= 0.3 is 0 Å². The molecule has 0 saturated carbocycles.